The summed E-state index contributed by atoms with van der Waals surface area (Å²) in [5, 5.41) is 3.00. The number of nitrogens with one attached hydrogen (secondary N) is 1. The van der Waals surface area contributed by atoms with Gasteiger partial charge < -0.3 is 10.1 Å². The summed E-state index contributed by atoms with van der Waals surface area (Å²) in [7, 11) is 1.66. The molecule has 1 amide bonds. The van der Waals surface area contributed by atoms with Crippen LogP contribution in [0.1, 0.15) is 25.3 Å². The summed E-state index contributed by atoms with van der Waals surface area (Å²) >= 11 is 0. The summed E-state index contributed by atoms with van der Waals surface area (Å²) in [5.41, 5.74) is 0.918. The number of hydrogen-bond donors (Lipinski definition) is 1. The fourth-order valence-electron chi connectivity index (χ4n) is 1.96. The van der Waals surface area contributed by atoms with Gasteiger partial charge in [0.2, 0.25) is 5.91 Å². The van der Waals surface area contributed by atoms with Gasteiger partial charge in [-0.1, -0.05) is 18.2 Å². The molecule has 1 N–H and O–H groups in total. The lowest BCUT2D eigenvalue weighted by Crippen LogP contribution is -2.33. The predicted molar refractivity (Wildman–Crippen MR) is 57.7 cm³/mol. The van der Waals surface area contributed by atoms with Crippen LogP contribution in [0.3, 0.4) is 0 Å². The molecule has 0 unspecified atom stereocenters. The Labute approximate surface area is 89.4 Å². The van der Waals surface area contributed by atoms with E-state index in [4.69, 9.17) is 4.74 Å². The molecule has 3 heteroatoms. The predicted octanol–water partition coefficient (Wildman–Crippen LogP) is 1.82. The minimum Gasteiger partial charge on any atom is -0.496 e. The number of rotatable bonds is 3. The van der Waals surface area contributed by atoms with Crippen LogP contribution in [0.5, 0.6) is 5.75 Å². The SMILES string of the molecule is COc1ccccc1C1(NC(C)=O)CC1. The first-order valence-corrected chi connectivity index (χ1v) is 5.10. The van der Waals surface area contributed by atoms with Gasteiger partial charge in [0.15, 0.2) is 0 Å². The maximum atomic E-state index is 11.1. The molecule has 1 aromatic rings. The Morgan fingerprint density at radius 2 is 2.07 bits per heavy atom. The first-order chi connectivity index (χ1) is 7.18. The first kappa shape index (κ1) is 10.0. The van der Waals surface area contributed by atoms with Crippen molar-refractivity contribution in [2.75, 3.05) is 7.11 Å². The van der Waals surface area contributed by atoms with Crippen LogP contribution in [-0.2, 0) is 10.3 Å². The number of amides is 1. The van der Waals surface area contributed by atoms with Crippen molar-refractivity contribution in [2.45, 2.75) is 25.3 Å². The zero-order valence-corrected chi connectivity index (χ0v) is 9.04. The van der Waals surface area contributed by atoms with E-state index in [1.54, 1.807) is 14.0 Å². The number of benzene rings is 1. The van der Waals surface area contributed by atoms with Gasteiger partial charge in [-0.15, -0.1) is 0 Å². The number of carbonyl (C=O) groups is 1. The van der Waals surface area contributed by atoms with Crippen LogP contribution in [0.15, 0.2) is 24.3 Å². The van der Waals surface area contributed by atoms with Crippen LogP contribution in [0.25, 0.3) is 0 Å². The van der Waals surface area contributed by atoms with E-state index in [2.05, 4.69) is 5.32 Å². The standard InChI is InChI=1S/C12H15NO2/c1-9(14)13-12(7-8-12)10-5-3-4-6-11(10)15-2/h3-6H,7-8H2,1-2H3,(H,13,14). The smallest absolute Gasteiger partial charge is 0.217 e. The molecule has 1 saturated carbocycles. The van der Waals surface area contributed by atoms with E-state index in [0.717, 1.165) is 24.2 Å². The third-order valence-corrected chi connectivity index (χ3v) is 2.79. The van der Waals surface area contributed by atoms with Crippen LogP contribution in [-0.4, -0.2) is 13.0 Å². The molecule has 0 aromatic heterocycles. The number of methoxy groups -OCH3 is 1. The third-order valence-electron chi connectivity index (χ3n) is 2.79. The van der Waals surface area contributed by atoms with Gasteiger partial charge >= 0.3 is 0 Å². The van der Waals surface area contributed by atoms with Gasteiger partial charge in [0.1, 0.15) is 5.75 Å². The lowest BCUT2D eigenvalue weighted by molar-refractivity contribution is -0.120. The Balaban J connectivity index is 2.32. The van der Waals surface area contributed by atoms with Crippen molar-refractivity contribution in [3.8, 4) is 5.75 Å². The Kier molecular flexibility index (Phi) is 2.39. The lowest BCUT2D eigenvalue weighted by Gasteiger charge is -2.19. The summed E-state index contributed by atoms with van der Waals surface area (Å²) in [6, 6.07) is 7.85. The van der Waals surface area contributed by atoms with Crippen molar-refractivity contribution in [1.29, 1.82) is 0 Å². The van der Waals surface area contributed by atoms with E-state index >= 15 is 0 Å². The molecule has 15 heavy (non-hydrogen) atoms. The molecule has 0 bridgehead atoms. The molecule has 0 atom stereocenters. The summed E-state index contributed by atoms with van der Waals surface area (Å²) in [5.74, 6) is 0.863. The van der Waals surface area contributed by atoms with E-state index in [1.165, 1.54) is 0 Å². The second kappa shape index (κ2) is 3.57. The molecule has 1 fully saturated rings. The van der Waals surface area contributed by atoms with E-state index in [9.17, 15) is 4.79 Å². The van der Waals surface area contributed by atoms with Crippen molar-refractivity contribution in [1.82, 2.24) is 5.32 Å². The van der Waals surface area contributed by atoms with Crippen LogP contribution < -0.4 is 10.1 Å². The van der Waals surface area contributed by atoms with Crippen molar-refractivity contribution in [3.05, 3.63) is 29.8 Å². The average Bonchev–Trinajstić information content (AvgIpc) is 2.98. The molecule has 0 saturated heterocycles. The van der Waals surface area contributed by atoms with Crippen LogP contribution in [0, 0.1) is 0 Å². The van der Waals surface area contributed by atoms with Gasteiger partial charge in [-0.25, -0.2) is 0 Å². The van der Waals surface area contributed by atoms with Gasteiger partial charge in [-0.3, -0.25) is 4.79 Å². The molecule has 3 nitrogen and oxygen atoms in total. The first-order valence-electron chi connectivity index (χ1n) is 5.10. The number of ether oxygens (including phenoxy) is 1. The molecule has 0 heterocycles. The van der Waals surface area contributed by atoms with E-state index < -0.39 is 0 Å². The quantitative estimate of drug-likeness (QED) is 0.817. The highest BCUT2D eigenvalue weighted by Gasteiger charge is 2.46. The number of carbonyl (C=O) groups excluding carboxylic acids is 1. The highest BCUT2D eigenvalue weighted by atomic mass is 16.5. The largest absolute Gasteiger partial charge is 0.496 e. The van der Waals surface area contributed by atoms with Gasteiger partial charge in [0, 0.05) is 12.5 Å². The average molecular weight is 205 g/mol. The highest BCUT2D eigenvalue weighted by Crippen LogP contribution is 2.48. The maximum Gasteiger partial charge on any atom is 0.217 e. The molecule has 1 aromatic carbocycles. The second-order valence-corrected chi connectivity index (χ2v) is 3.96. The van der Waals surface area contributed by atoms with Gasteiger partial charge in [0.05, 0.1) is 12.6 Å². The fourth-order valence-corrected chi connectivity index (χ4v) is 1.96. The summed E-state index contributed by atoms with van der Waals surface area (Å²) < 4.78 is 5.30. The zero-order valence-electron chi connectivity index (χ0n) is 9.04. The summed E-state index contributed by atoms with van der Waals surface area (Å²) in [6.07, 6.45) is 1.99. The van der Waals surface area contributed by atoms with E-state index in [0.29, 0.717) is 0 Å². The third kappa shape index (κ3) is 1.82. The molecule has 80 valence electrons. The van der Waals surface area contributed by atoms with Gasteiger partial charge in [-0.2, -0.15) is 0 Å². The molecule has 1 aliphatic rings. The minimum absolute atomic E-state index is 0.0124. The van der Waals surface area contributed by atoms with Crippen LogP contribution >= 0.6 is 0 Å². The Morgan fingerprint density at radius 1 is 1.40 bits per heavy atom. The van der Waals surface area contributed by atoms with Crippen molar-refractivity contribution in [2.24, 2.45) is 0 Å². The Morgan fingerprint density at radius 3 is 2.60 bits per heavy atom. The summed E-state index contributed by atoms with van der Waals surface area (Å²) in [6.45, 7) is 1.55. The van der Waals surface area contributed by atoms with E-state index in [-0.39, 0.29) is 11.4 Å². The normalized spacial score (nSPS) is 16.9. The monoisotopic (exact) mass is 205 g/mol. The molecular formula is C12H15NO2. The Hall–Kier alpha value is -1.51. The van der Waals surface area contributed by atoms with Crippen molar-refractivity contribution < 1.29 is 9.53 Å². The fraction of sp³-hybridized carbons (Fsp3) is 0.417. The zero-order chi connectivity index (χ0) is 10.9. The van der Waals surface area contributed by atoms with Crippen LogP contribution in [0.4, 0.5) is 0 Å². The topological polar surface area (TPSA) is 38.3 Å². The molecule has 1 aliphatic carbocycles. The van der Waals surface area contributed by atoms with Crippen LogP contribution in [0.2, 0.25) is 0 Å². The van der Waals surface area contributed by atoms with Crippen molar-refractivity contribution in [3.63, 3.8) is 0 Å². The maximum absolute atomic E-state index is 11.1. The minimum atomic E-state index is -0.168. The number of para-hydroxylation sites is 1. The molecule has 0 radical (unpaired) electrons. The Bertz CT molecular complexity index is 383. The van der Waals surface area contributed by atoms with E-state index in [1.807, 2.05) is 24.3 Å². The van der Waals surface area contributed by atoms with Gasteiger partial charge in [0.25, 0.3) is 0 Å². The molecular weight excluding hydrogens is 190 g/mol. The lowest BCUT2D eigenvalue weighted by atomic mass is 10.0. The molecule has 0 aliphatic heterocycles. The summed E-state index contributed by atoms with van der Waals surface area (Å²) in [4.78, 5) is 11.1. The second-order valence-electron chi connectivity index (χ2n) is 3.96. The van der Waals surface area contributed by atoms with Gasteiger partial charge in [-0.05, 0) is 18.9 Å². The van der Waals surface area contributed by atoms with Crippen molar-refractivity contribution >= 4 is 5.91 Å². The highest BCUT2D eigenvalue weighted by molar-refractivity contribution is 5.75. The number of hydrogen-bond acceptors (Lipinski definition) is 2. The molecule has 0 spiro atoms. The molecule has 2 rings (SSSR count).